The van der Waals surface area contributed by atoms with Gasteiger partial charge >= 0.3 is 0 Å². The number of hydrogen-bond acceptors (Lipinski definition) is 5. The molecule has 0 aliphatic carbocycles. The minimum absolute atomic E-state index is 0.0308. The summed E-state index contributed by atoms with van der Waals surface area (Å²) >= 11 is 1.61. The zero-order valence-electron chi connectivity index (χ0n) is 11.1. The van der Waals surface area contributed by atoms with Crippen molar-refractivity contribution in [3.8, 4) is 0 Å². The Bertz CT molecular complexity index is 692. The van der Waals surface area contributed by atoms with Crippen LogP contribution in [0.15, 0.2) is 58.4 Å². The van der Waals surface area contributed by atoms with Crippen LogP contribution in [0.5, 0.6) is 0 Å². The average molecular weight is 285 g/mol. The number of furan rings is 1. The highest BCUT2D eigenvalue weighted by atomic mass is 32.2. The Hall–Kier alpha value is -1.85. The molecule has 5 heteroatoms. The maximum atomic E-state index is 6.10. The second-order valence-electron chi connectivity index (χ2n) is 4.61. The third-order valence-corrected chi connectivity index (χ3v) is 4.51. The molecule has 0 radical (unpaired) electrons. The fourth-order valence-electron chi connectivity index (χ4n) is 2.07. The monoisotopic (exact) mass is 285 g/mol. The van der Waals surface area contributed by atoms with Crippen molar-refractivity contribution in [1.29, 1.82) is 0 Å². The number of hydrogen-bond donors (Lipinski definition) is 1. The van der Waals surface area contributed by atoms with Crippen molar-refractivity contribution in [1.82, 2.24) is 9.97 Å². The maximum Gasteiger partial charge on any atom is 0.118 e. The molecule has 0 amide bonds. The summed E-state index contributed by atoms with van der Waals surface area (Å²) in [5.41, 5.74) is 7.03. The molecule has 0 aliphatic rings. The molecule has 2 aromatic heterocycles. The van der Waals surface area contributed by atoms with Gasteiger partial charge in [-0.2, -0.15) is 0 Å². The Morgan fingerprint density at radius 3 is 2.75 bits per heavy atom. The Morgan fingerprint density at radius 2 is 2.00 bits per heavy atom. The highest BCUT2D eigenvalue weighted by Gasteiger charge is 2.22. The van der Waals surface area contributed by atoms with Crippen molar-refractivity contribution in [3.05, 3.63) is 54.7 Å². The van der Waals surface area contributed by atoms with Gasteiger partial charge in [0, 0.05) is 11.4 Å². The molecule has 102 valence electrons. The summed E-state index contributed by atoms with van der Waals surface area (Å²) in [5, 5.41) is 2.00. The topological polar surface area (TPSA) is 64.9 Å². The summed E-state index contributed by atoms with van der Waals surface area (Å²) in [6.45, 7) is 1.98. The molecule has 2 heterocycles. The Labute approximate surface area is 121 Å². The molecular weight excluding hydrogens is 270 g/mol. The molecule has 2 unspecified atom stereocenters. The van der Waals surface area contributed by atoms with Gasteiger partial charge in [-0.15, -0.1) is 0 Å². The predicted molar refractivity (Wildman–Crippen MR) is 80.5 cm³/mol. The standard InChI is InChI=1S/C15H15N3OS/c1-10(16)14(13-7-4-8-19-13)20-15-11-5-2-3-6-12(11)17-9-18-15/h2-10,14H,16H2,1H3. The van der Waals surface area contributed by atoms with Crippen LogP contribution in [0, 0.1) is 0 Å². The van der Waals surface area contributed by atoms with Crippen molar-refractivity contribution < 1.29 is 4.42 Å². The van der Waals surface area contributed by atoms with E-state index in [0.717, 1.165) is 21.7 Å². The van der Waals surface area contributed by atoms with Gasteiger partial charge < -0.3 is 10.2 Å². The smallest absolute Gasteiger partial charge is 0.118 e. The van der Waals surface area contributed by atoms with Gasteiger partial charge in [0.2, 0.25) is 0 Å². The number of rotatable bonds is 4. The third-order valence-electron chi connectivity index (χ3n) is 3.05. The molecule has 4 nitrogen and oxygen atoms in total. The van der Waals surface area contributed by atoms with Gasteiger partial charge in [-0.1, -0.05) is 30.0 Å². The maximum absolute atomic E-state index is 6.10. The summed E-state index contributed by atoms with van der Waals surface area (Å²) in [6.07, 6.45) is 3.26. The van der Waals surface area contributed by atoms with Crippen LogP contribution in [0.4, 0.5) is 0 Å². The summed E-state index contributed by atoms with van der Waals surface area (Å²) in [7, 11) is 0. The van der Waals surface area contributed by atoms with E-state index < -0.39 is 0 Å². The third kappa shape index (κ3) is 2.55. The molecule has 0 aliphatic heterocycles. The molecule has 0 saturated carbocycles. The highest BCUT2D eigenvalue weighted by Crippen LogP contribution is 2.38. The molecule has 0 bridgehead atoms. The van der Waals surface area contributed by atoms with Gasteiger partial charge in [-0.3, -0.25) is 0 Å². The first-order chi connectivity index (χ1) is 9.75. The van der Waals surface area contributed by atoms with Gasteiger partial charge in [0.1, 0.15) is 17.1 Å². The van der Waals surface area contributed by atoms with Gasteiger partial charge in [0.25, 0.3) is 0 Å². The van der Waals surface area contributed by atoms with Crippen LogP contribution in [0.3, 0.4) is 0 Å². The first kappa shape index (κ1) is 13.1. The van der Waals surface area contributed by atoms with E-state index in [0.29, 0.717) is 0 Å². The average Bonchev–Trinajstić information content (AvgIpc) is 2.98. The number of fused-ring (bicyclic) bond motifs is 1. The lowest BCUT2D eigenvalue weighted by Gasteiger charge is -2.18. The minimum Gasteiger partial charge on any atom is -0.468 e. The van der Waals surface area contributed by atoms with Crippen molar-refractivity contribution >= 4 is 22.7 Å². The second kappa shape index (κ2) is 5.64. The van der Waals surface area contributed by atoms with E-state index in [4.69, 9.17) is 10.2 Å². The van der Waals surface area contributed by atoms with Crippen LogP contribution < -0.4 is 5.73 Å². The van der Waals surface area contributed by atoms with Crippen molar-refractivity contribution in [2.24, 2.45) is 5.73 Å². The number of aromatic nitrogens is 2. The molecule has 0 saturated heterocycles. The molecule has 3 rings (SSSR count). The van der Waals surface area contributed by atoms with E-state index in [1.807, 2.05) is 43.3 Å². The Kier molecular flexibility index (Phi) is 3.71. The molecule has 3 aromatic rings. The summed E-state index contributed by atoms with van der Waals surface area (Å²) in [6, 6.07) is 11.8. The molecule has 0 fully saturated rings. The fraction of sp³-hybridized carbons (Fsp3) is 0.200. The fourth-order valence-corrected chi connectivity index (χ4v) is 3.18. The van der Waals surface area contributed by atoms with Crippen LogP contribution in [0.1, 0.15) is 17.9 Å². The van der Waals surface area contributed by atoms with Crippen LogP contribution in [0.2, 0.25) is 0 Å². The van der Waals surface area contributed by atoms with Crippen molar-refractivity contribution in [3.63, 3.8) is 0 Å². The van der Waals surface area contributed by atoms with Crippen LogP contribution in [0.25, 0.3) is 10.9 Å². The molecule has 1 aromatic carbocycles. The zero-order valence-corrected chi connectivity index (χ0v) is 11.9. The van der Waals surface area contributed by atoms with E-state index in [1.165, 1.54) is 0 Å². The van der Waals surface area contributed by atoms with Gasteiger partial charge in [-0.05, 0) is 25.1 Å². The molecular formula is C15H15N3OS. The largest absolute Gasteiger partial charge is 0.468 e. The van der Waals surface area contributed by atoms with E-state index in [9.17, 15) is 0 Å². The first-order valence-corrected chi connectivity index (χ1v) is 7.29. The lowest BCUT2D eigenvalue weighted by Crippen LogP contribution is -2.22. The van der Waals surface area contributed by atoms with Gasteiger partial charge in [0.15, 0.2) is 0 Å². The summed E-state index contributed by atoms with van der Waals surface area (Å²) in [5.74, 6) is 0.868. The summed E-state index contributed by atoms with van der Waals surface area (Å²) in [4.78, 5) is 8.67. The van der Waals surface area contributed by atoms with E-state index >= 15 is 0 Å². The van der Waals surface area contributed by atoms with Gasteiger partial charge in [0.05, 0.1) is 17.0 Å². The quantitative estimate of drug-likeness (QED) is 0.588. The number of benzene rings is 1. The Morgan fingerprint density at radius 1 is 1.15 bits per heavy atom. The second-order valence-corrected chi connectivity index (χ2v) is 5.74. The van der Waals surface area contributed by atoms with Crippen LogP contribution >= 0.6 is 11.8 Å². The lowest BCUT2D eigenvalue weighted by atomic mass is 10.2. The number of para-hydroxylation sites is 1. The van der Waals surface area contributed by atoms with Crippen molar-refractivity contribution in [2.45, 2.75) is 23.2 Å². The summed E-state index contributed by atoms with van der Waals surface area (Å²) < 4.78 is 5.50. The first-order valence-electron chi connectivity index (χ1n) is 6.41. The normalized spacial score (nSPS) is 14.3. The highest BCUT2D eigenvalue weighted by molar-refractivity contribution is 7.99. The van der Waals surface area contributed by atoms with Crippen LogP contribution in [-0.4, -0.2) is 16.0 Å². The molecule has 2 atom stereocenters. The number of thioether (sulfide) groups is 1. The predicted octanol–water partition coefficient (Wildman–Crippen LogP) is 3.40. The Balaban J connectivity index is 1.99. The van der Waals surface area contributed by atoms with E-state index in [-0.39, 0.29) is 11.3 Å². The van der Waals surface area contributed by atoms with Gasteiger partial charge in [-0.25, -0.2) is 9.97 Å². The lowest BCUT2D eigenvalue weighted by molar-refractivity contribution is 0.486. The van der Waals surface area contributed by atoms with Crippen LogP contribution in [-0.2, 0) is 0 Å². The van der Waals surface area contributed by atoms with E-state index in [2.05, 4.69) is 9.97 Å². The van der Waals surface area contributed by atoms with E-state index in [1.54, 1.807) is 24.4 Å². The molecule has 20 heavy (non-hydrogen) atoms. The van der Waals surface area contributed by atoms with Crippen molar-refractivity contribution in [2.75, 3.05) is 0 Å². The minimum atomic E-state index is -0.0418. The molecule has 2 N–H and O–H groups in total. The SMILES string of the molecule is CC(N)C(Sc1ncnc2ccccc12)c1ccco1. The number of nitrogens with zero attached hydrogens (tertiary/aromatic N) is 2. The number of nitrogens with two attached hydrogens (primary N) is 1. The zero-order chi connectivity index (χ0) is 13.9. The molecule has 0 spiro atoms.